The number of carbonyl (C=O) groups excluding carboxylic acids is 1. The molecule has 0 bridgehead atoms. The van der Waals surface area contributed by atoms with Crippen LogP contribution in [0.2, 0.25) is 0 Å². The first-order valence-electron chi connectivity index (χ1n) is 9.98. The van der Waals surface area contributed by atoms with Crippen molar-refractivity contribution in [1.29, 1.82) is 0 Å². The van der Waals surface area contributed by atoms with Gasteiger partial charge in [0.1, 0.15) is 0 Å². The van der Waals surface area contributed by atoms with Gasteiger partial charge in [-0.2, -0.15) is 0 Å². The molecule has 1 N–H and O–H groups in total. The van der Waals surface area contributed by atoms with E-state index in [2.05, 4.69) is 44.3 Å². The Hall–Kier alpha value is -1.40. The van der Waals surface area contributed by atoms with Crippen LogP contribution in [-0.4, -0.2) is 44.0 Å². The minimum Gasteiger partial charge on any atom is -0.355 e. The zero-order valence-corrected chi connectivity index (χ0v) is 17.9. The molecule has 27 heavy (non-hydrogen) atoms. The van der Waals surface area contributed by atoms with Gasteiger partial charge < -0.3 is 5.32 Å². The summed E-state index contributed by atoms with van der Waals surface area (Å²) in [6.07, 6.45) is 2.76. The zero-order valence-electron chi connectivity index (χ0n) is 17.1. The lowest BCUT2D eigenvalue weighted by Crippen LogP contribution is -2.45. The predicted molar refractivity (Wildman–Crippen MR) is 110 cm³/mol. The van der Waals surface area contributed by atoms with Crippen LogP contribution in [0.3, 0.4) is 0 Å². The van der Waals surface area contributed by atoms with E-state index in [4.69, 9.17) is 0 Å². The molecular weight excluding hydrogens is 360 g/mol. The Labute approximate surface area is 164 Å². The highest BCUT2D eigenvalue weighted by Crippen LogP contribution is 2.24. The van der Waals surface area contributed by atoms with Gasteiger partial charge in [-0.1, -0.05) is 57.0 Å². The highest BCUT2D eigenvalue weighted by Gasteiger charge is 2.31. The van der Waals surface area contributed by atoms with Crippen LogP contribution in [0.25, 0.3) is 0 Å². The van der Waals surface area contributed by atoms with Gasteiger partial charge in [-0.25, -0.2) is 12.7 Å². The number of nitrogens with zero attached hydrogens (tertiary/aromatic N) is 1. The van der Waals surface area contributed by atoms with Crippen molar-refractivity contribution in [3.05, 3.63) is 35.4 Å². The van der Waals surface area contributed by atoms with Crippen LogP contribution in [0.4, 0.5) is 0 Å². The zero-order chi connectivity index (χ0) is 20.1. The van der Waals surface area contributed by atoms with Crippen LogP contribution in [0, 0.1) is 12.8 Å². The van der Waals surface area contributed by atoms with Crippen LogP contribution in [0.1, 0.15) is 57.6 Å². The van der Waals surface area contributed by atoms with E-state index in [9.17, 15) is 13.2 Å². The lowest BCUT2D eigenvalue weighted by molar-refractivity contribution is -0.126. The minimum atomic E-state index is -3.17. The summed E-state index contributed by atoms with van der Waals surface area (Å²) in [5, 5.41) is 3.09. The Balaban J connectivity index is 1.86. The fourth-order valence-corrected chi connectivity index (χ4v) is 5.15. The van der Waals surface area contributed by atoms with Crippen LogP contribution < -0.4 is 5.32 Å². The van der Waals surface area contributed by atoms with Gasteiger partial charge >= 0.3 is 0 Å². The molecule has 152 valence electrons. The second kappa shape index (κ2) is 9.20. The Morgan fingerprint density at radius 3 is 2.52 bits per heavy atom. The lowest BCUT2D eigenvalue weighted by atomic mass is 9.83. The fourth-order valence-electron chi connectivity index (χ4n) is 3.47. The minimum absolute atomic E-state index is 0.0429. The van der Waals surface area contributed by atoms with Crippen molar-refractivity contribution < 1.29 is 13.2 Å². The summed E-state index contributed by atoms with van der Waals surface area (Å²) in [5.74, 6) is 0.155. The number of sulfonamides is 1. The normalized spacial score (nSPS) is 17.0. The average Bonchev–Trinajstić information content (AvgIpc) is 2.64. The molecule has 1 aliphatic rings. The Morgan fingerprint density at radius 2 is 1.93 bits per heavy atom. The first kappa shape index (κ1) is 21.9. The van der Waals surface area contributed by atoms with Crippen LogP contribution in [0.15, 0.2) is 24.3 Å². The molecule has 1 heterocycles. The fraction of sp³-hybridized carbons (Fsp3) is 0.667. The molecule has 1 saturated heterocycles. The lowest BCUT2D eigenvalue weighted by Gasteiger charge is -2.32. The summed E-state index contributed by atoms with van der Waals surface area (Å²) >= 11 is 0. The van der Waals surface area contributed by atoms with E-state index in [1.807, 2.05) is 13.0 Å². The number of aryl methyl sites for hydroxylation is 1. The molecule has 6 heteroatoms. The van der Waals surface area contributed by atoms with E-state index < -0.39 is 10.0 Å². The molecule has 5 nitrogen and oxygen atoms in total. The van der Waals surface area contributed by atoms with E-state index in [-0.39, 0.29) is 23.0 Å². The summed E-state index contributed by atoms with van der Waals surface area (Å²) in [5.41, 5.74) is 2.27. The Kier molecular flexibility index (Phi) is 7.46. The third-order valence-corrected chi connectivity index (χ3v) is 7.43. The van der Waals surface area contributed by atoms with Crippen molar-refractivity contribution in [1.82, 2.24) is 9.62 Å². The number of rotatable bonds is 8. The summed E-state index contributed by atoms with van der Waals surface area (Å²) in [7, 11) is -3.17. The maximum atomic E-state index is 12.6. The van der Waals surface area contributed by atoms with E-state index in [0.29, 0.717) is 38.9 Å². The van der Waals surface area contributed by atoms with E-state index in [0.717, 1.165) is 6.42 Å². The molecule has 1 aliphatic heterocycles. The molecule has 1 aromatic carbocycles. The highest BCUT2D eigenvalue weighted by atomic mass is 32.2. The Morgan fingerprint density at radius 1 is 1.26 bits per heavy atom. The van der Waals surface area contributed by atoms with Crippen LogP contribution in [-0.2, 0) is 20.2 Å². The van der Waals surface area contributed by atoms with E-state index in [1.165, 1.54) is 11.1 Å². The van der Waals surface area contributed by atoms with Crippen LogP contribution >= 0.6 is 0 Å². The van der Waals surface area contributed by atoms with Gasteiger partial charge in [-0.05, 0) is 31.7 Å². The number of hydrogen-bond donors (Lipinski definition) is 1. The van der Waals surface area contributed by atoms with E-state index in [1.54, 1.807) is 4.31 Å². The molecular formula is C21H34N2O3S. The number of amides is 1. The molecule has 2 rings (SSSR count). The maximum Gasteiger partial charge on any atom is 0.223 e. The smallest absolute Gasteiger partial charge is 0.223 e. The van der Waals surface area contributed by atoms with Crippen molar-refractivity contribution in [2.45, 2.75) is 58.8 Å². The molecule has 0 saturated carbocycles. The molecule has 0 unspecified atom stereocenters. The van der Waals surface area contributed by atoms with Gasteiger partial charge in [0.15, 0.2) is 0 Å². The van der Waals surface area contributed by atoms with Gasteiger partial charge in [0, 0.05) is 31.0 Å². The van der Waals surface area contributed by atoms with Gasteiger partial charge in [0.2, 0.25) is 15.9 Å². The van der Waals surface area contributed by atoms with Crippen molar-refractivity contribution in [3.63, 3.8) is 0 Å². The molecule has 0 atom stereocenters. The molecule has 1 fully saturated rings. The SMILES string of the molecule is CCCCS(=O)(=O)N1CCC(C(=O)NCC(C)(C)c2cccc(C)c2)CC1. The molecule has 0 spiro atoms. The second-order valence-corrected chi connectivity index (χ2v) is 10.4. The molecule has 0 radical (unpaired) electrons. The van der Waals surface area contributed by atoms with Crippen LogP contribution in [0.5, 0.6) is 0 Å². The quantitative estimate of drug-likeness (QED) is 0.736. The van der Waals surface area contributed by atoms with Crippen molar-refractivity contribution in [2.24, 2.45) is 5.92 Å². The number of nitrogens with one attached hydrogen (secondary N) is 1. The Bertz CT molecular complexity index is 736. The highest BCUT2D eigenvalue weighted by molar-refractivity contribution is 7.89. The number of benzene rings is 1. The van der Waals surface area contributed by atoms with Gasteiger partial charge in [-0.3, -0.25) is 4.79 Å². The summed E-state index contributed by atoms with van der Waals surface area (Å²) in [6, 6.07) is 8.37. The summed E-state index contributed by atoms with van der Waals surface area (Å²) in [4.78, 5) is 12.6. The van der Waals surface area contributed by atoms with Crippen molar-refractivity contribution in [2.75, 3.05) is 25.4 Å². The third-order valence-electron chi connectivity index (χ3n) is 5.48. The average molecular weight is 395 g/mol. The third kappa shape index (κ3) is 6.04. The number of carbonyl (C=O) groups is 1. The topological polar surface area (TPSA) is 66.5 Å². The van der Waals surface area contributed by atoms with Crippen molar-refractivity contribution >= 4 is 15.9 Å². The van der Waals surface area contributed by atoms with Gasteiger partial charge in [0.05, 0.1) is 5.75 Å². The van der Waals surface area contributed by atoms with E-state index >= 15 is 0 Å². The molecule has 1 amide bonds. The number of unbranched alkanes of at least 4 members (excludes halogenated alkanes) is 1. The maximum absolute atomic E-state index is 12.6. The predicted octanol–water partition coefficient (Wildman–Crippen LogP) is 3.23. The number of hydrogen-bond acceptors (Lipinski definition) is 3. The first-order chi connectivity index (χ1) is 12.7. The second-order valence-electron chi connectivity index (χ2n) is 8.31. The standard InChI is InChI=1S/C21H34N2O3S/c1-5-6-14-27(25,26)23-12-10-18(11-13-23)20(24)22-16-21(3,4)19-9-7-8-17(2)15-19/h7-9,15,18H,5-6,10-14,16H2,1-4H3,(H,22,24). The van der Waals surface area contributed by atoms with Gasteiger partial charge in [0.25, 0.3) is 0 Å². The summed E-state index contributed by atoms with van der Waals surface area (Å²) < 4.78 is 26.1. The monoisotopic (exact) mass is 394 g/mol. The molecule has 1 aromatic rings. The largest absolute Gasteiger partial charge is 0.355 e. The first-order valence-corrected chi connectivity index (χ1v) is 11.6. The number of piperidine rings is 1. The van der Waals surface area contributed by atoms with Gasteiger partial charge in [-0.15, -0.1) is 0 Å². The van der Waals surface area contributed by atoms with Crippen molar-refractivity contribution in [3.8, 4) is 0 Å². The molecule has 0 aliphatic carbocycles. The summed E-state index contributed by atoms with van der Waals surface area (Å²) in [6.45, 7) is 9.79. The molecule has 0 aromatic heterocycles.